The summed E-state index contributed by atoms with van der Waals surface area (Å²) < 4.78 is 0. The third-order valence-corrected chi connectivity index (χ3v) is 5.65. The average molecular weight is 399 g/mol. The van der Waals surface area contributed by atoms with E-state index in [4.69, 9.17) is 0 Å². The van der Waals surface area contributed by atoms with E-state index in [1.54, 1.807) is 0 Å². The number of benzene rings is 3. The topological polar surface area (TPSA) is 49.4 Å². The summed E-state index contributed by atoms with van der Waals surface area (Å²) in [7, 11) is 0. The third kappa shape index (κ3) is 4.43. The maximum atomic E-state index is 13.1. The van der Waals surface area contributed by atoms with Crippen LogP contribution in [-0.4, -0.2) is 23.3 Å². The molecule has 1 aliphatic heterocycles. The lowest BCUT2D eigenvalue weighted by Gasteiger charge is -2.28. The van der Waals surface area contributed by atoms with Crippen molar-refractivity contribution < 1.29 is 9.59 Å². The number of carbonyl (C=O) groups excluding carboxylic acids is 2. The van der Waals surface area contributed by atoms with Crippen molar-refractivity contribution in [1.29, 1.82) is 0 Å². The minimum atomic E-state index is -0.290. The minimum Gasteiger partial charge on any atom is -0.356 e. The van der Waals surface area contributed by atoms with E-state index in [1.807, 2.05) is 78.6 Å². The van der Waals surface area contributed by atoms with E-state index in [0.717, 1.165) is 28.7 Å². The van der Waals surface area contributed by atoms with Crippen LogP contribution in [0.4, 0.5) is 0 Å². The van der Waals surface area contributed by atoms with E-state index in [-0.39, 0.29) is 24.3 Å². The van der Waals surface area contributed by atoms with E-state index in [0.29, 0.717) is 13.1 Å². The van der Waals surface area contributed by atoms with Gasteiger partial charge in [-0.2, -0.15) is 0 Å². The number of hydrogen-bond acceptors (Lipinski definition) is 2. The van der Waals surface area contributed by atoms with Gasteiger partial charge in [-0.05, 0) is 36.1 Å². The van der Waals surface area contributed by atoms with Gasteiger partial charge in [0.05, 0.1) is 12.5 Å². The zero-order chi connectivity index (χ0) is 20.9. The van der Waals surface area contributed by atoms with E-state index in [9.17, 15) is 9.59 Å². The van der Waals surface area contributed by atoms with Crippen molar-refractivity contribution in [3.8, 4) is 0 Å². The Bertz CT molecular complexity index is 1030. The highest BCUT2D eigenvalue weighted by Gasteiger charge is 2.34. The fourth-order valence-electron chi connectivity index (χ4n) is 3.96. The van der Waals surface area contributed by atoms with Crippen molar-refractivity contribution in [2.75, 3.05) is 6.54 Å². The maximum Gasteiger partial charge on any atom is 0.255 e. The molecule has 0 fully saturated rings. The molecule has 1 N–H and O–H groups in total. The predicted octanol–water partition coefficient (Wildman–Crippen LogP) is 4.44. The summed E-state index contributed by atoms with van der Waals surface area (Å²) in [5, 5.41) is 3.03. The summed E-state index contributed by atoms with van der Waals surface area (Å²) in [5.41, 5.74) is 5.09. The van der Waals surface area contributed by atoms with Gasteiger partial charge in [0, 0.05) is 18.7 Å². The summed E-state index contributed by atoms with van der Waals surface area (Å²) in [6, 6.07) is 25.6. The highest BCUT2D eigenvalue weighted by Crippen LogP contribution is 2.33. The van der Waals surface area contributed by atoms with Gasteiger partial charge in [0.25, 0.3) is 5.91 Å². The SMILES string of the molecule is Cc1ccc([C@@H](CC(=O)NCCc2ccccc2)N2Cc3ccccc3C2=O)cc1. The number of amides is 2. The van der Waals surface area contributed by atoms with Gasteiger partial charge >= 0.3 is 0 Å². The largest absolute Gasteiger partial charge is 0.356 e. The third-order valence-electron chi connectivity index (χ3n) is 5.65. The summed E-state index contributed by atoms with van der Waals surface area (Å²) >= 11 is 0. The summed E-state index contributed by atoms with van der Waals surface area (Å²) in [5.74, 6) is -0.0477. The van der Waals surface area contributed by atoms with Gasteiger partial charge in [-0.15, -0.1) is 0 Å². The van der Waals surface area contributed by atoms with E-state index in [2.05, 4.69) is 17.4 Å². The van der Waals surface area contributed by atoms with Gasteiger partial charge in [0.1, 0.15) is 0 Å². The van der Waals surface area contributed by atoms with Gasteiger partial charge < -0.3 is 10.2 Å². The Morgan fingerprint density at radius 3 is 2.40 bits per heavy atom. The van der Waals surface area contributed by atoms with Gasteiger partial charge in [0.15, 0.2) is 0 Å². The number of nitrogens with zero attached hydrogens (tertiary/aromatic N) is 1. The lowest BCUT2D eigenvalue weighted by Crippen LogP contribution is -2.35. The Kier molecular flexibility index (Phi) is 5.94. The van der Waals surface area contributed by atoms with Crippen LogP contribution in [0.3, 0.4) is 0 Å². The zero-order valence-corrected chi connectivity index (χ0v) is 17.2. The molecule has 1 atom stereocenters. The molecule has 0 spiro atoms. The molecule has 4 nitrogen and oxygen atoms in total. The first-order chi connectivity index (χ1) is 14.6. The molecule has 0 aliphatic carbocycles. The predicted molar refractivity (Wildman–Crippen MR) is 118 cm³/mol. The number of aryl methyl sites for hydroxylation is 1. The van der Waals surface area contributed by atoms with E-state index < -0.39 is 0 Å². The number of hydrogen-bond donors (Lipinski definition) is 1. The average Bonchev–Trinajstić information content (AvgIpc) is 3.10. The fourth-order valence-corrected chi connectivity index (χ4v) is 3.96. The Hall–Kier alpha value is -3.40. The molecule has 1 aliphatic rings. The second-order valence-electron chi connectivity index (χ2n) is 7.81. The highest BCUT2D eigenvalue weighted by molar-refractivity contribution is 5.98. The quantitative estimate of drug-likeness (QED) is 0.640. The zero-order valence-electron chi connectivity index (χ0n) is 17.2. The van der Waals surface area contributed by atoms with Crippen molar-refractivity contribution in [2.45, 2.75) is 32.4 Å². The van der Waals surface area contributed by atoms with Crippen LogP contribution in [0.5, 0.6) is 0 Å². The molecule has 3 aromatic carbocycles. The minimum absolute atomic E-state index is 0.00624. The first kappa shape index (κ1) is 19.9. The molecule has 0 saturated carbocycles. The van der Waals surface area contributed by atoms with Crippen LogP contribution in [0, 0.1) is 6.92 Å². The fraction of sp³-hybridized carbons (Fsp3) is 0.231. The molecule has 2 amide bonds. The summed E-state index contributed by atoms with van der Waals surface area (Å²) in [6.45, 7) is 3.15. The molecule has 152 valence electrons. The van der Waals surface area contributed by atoms with Gasteiger partial charge in [-0.25, -0.2) is 0 Å². The van der Waals surface area contributed by atoms with Crippen LogP contribution in [-0.2, 0) is 17.8 Å². The van der Waals surface area contributed by atoms with Crippen LogP contribution in [0.2, 0.25) is 0 Å². The molecule has 3 aromatic rings. The Labute approximate surface area is 177 Å². The first-order valence-electron chi connectivity index (χ1n) is 10.4. The molecule has 4 heteroatoms. The molecule has 0 aromatic heterocycles. The smallest absolute Gasteiger partial charge is 0.255 e. The molecule has 1 heterocycles. The standard InChI is InChI=1S/C26H26N2O2/c1-19-11-13-21(14-12-19)24(28-18-22-9-5-6-10-23(22)26(28)30)17-25(29)27-16-15-20-7-3-2-4-8-20/h2-14,24H,15-18H2,1H3,(H,27,29)/t24-/m1/s1. The van der Waals surface area contributed by atoms with Crippen LogP contribution in [0.25, 0.3) is 0 Å². The molecule has 30 heavy (non-hydrogen) atoms. The van der Waals surface area contributed by atoms with Crippen molar-refractivity contribution in [3.63, 3.8) is 0 Å². The van der Waals surface area contributed by atoms with Crippen LogP contribution < -0.4 is 5.32 Å². The second kappa shape index (κ2) is 8.95. The monoisotopic (exact) mass is 398 g/mol. The van der Waals surface area contributed by atoms with E-state index in [1.165, 1.54) is 5.56 Å². The molecule has 0 saturated heterocycles. The van der Waals surface area contributed by atoms with Crippen molar-refractivity contribution >= 4 is 11.8 Å². The Morgan fingerprint density at radius 1 is 0.967 bits per heavy atom. The van der Waals surface area contributed by atoms with Crippen LogP contribution in [0.15, 0.2) is 78.9 Å². The van der Waals surface area contributed by atoms with Crippen LogP contribution in [0.1, 0.15) is 45.1 Å². The van der Waals surface area contributed by atoms with Crippen molar-refractivity contribution in [3.05, 3.63) is 107 Å². The second-order valence-corrected chi connectivity index (χ2v) is 7.81. The molecular weight excluding hydrogens is 372 g/mol. The number of rotatable bonds is 7. The summed E-state index contributed by atoms with van der Waals surface area (Å²) in [4.78, 5) is 27.6. The Balaban J connectivity index is 1.48. The normalized spacial score (nSPS) is 13.8. The lowest BCUT2D eigenvalue weighted by molar-refractivity contribution is -0.122. The molecular formula is C26H26N2O2. The van der Waals surface area contributed by atoms with Crippen molar-refractivity contribution in [1.82, 2.24) is 10.2 Å². The number of fused-ring (bicyclic) bond motifs is 1. The van der Waals surface area contributed by atoms with Gasteiger partial charge in [0.2, 0.25) is 5.91 Å². The molecule has 4 rings (SSSR count). The first-order valence-corrected chi connectivity index (χ1v) is 10.4. The highest BCUT2D eigenvalue weighted by atomic mass is 16.2. The lowest BCUT2D eigenvalue weighted by atomic mass is 10.00. The number of nitrogens with one attached hydrogen (secondary N) is 1. The molecule has 0 bridgehead atoms. The van der Waals surface area contributed by atoms with Crippen LogP contribution >= 0.6 is 0 Å². The number of carbonyl (C=O) groups is 2. The van der Waals surface area contributed by atoms with Gasteiger partial charge in [-0.3, -0.25) is 9.59 Å². The van der Waals surface area contributed by atoms with Crippen molar-refractivity contribution in [2.24, 2.45) is 0 Å². The Morgan fingerprint density at radius 2 is 1.67 bits per heavy atom. The van der Waals surface area contributed by atoms with E-state index >= 15 is 0 Å². The maximum absolute atomic E-state index is 13.1. The molecule has 0 unspecified atom stereocenters. The van der Waals surface area contributed by atoms with Gasteiger partial charge in [-0.1, -0.05) is 78.4 Å². The summed E-state index contributed by atoms with van der Waals surface area (Å²) in [6.07, 6.45) is 1.04. The molecule has 0 radical (unpaired) electrons.